The minimum absolute atomic E-state index is 0.202. The molecule has 3 rings (SSSR count). The van der Waals surface area contributed by atoms with Crippen molar-refractivity contribution in [3.05, 3.63) is 47.9 Å². The lowest BCUT2D eigenvalue weighted by atomic mass is 9.96. The molecule has 0 saturated heterocycles. The van der Waals surface area contributed by atoms with Gasteiger partial charge in [0.1, 0.15) is 5.52 Å². The number of benzene rings is 1. The van der Waals surface area contributed by atoms with Gasteiger partial charge in [-0.1, -0.05) is 25.6 Å². The second-order valence-electron chi connectivity index (χ2n) is 5.40. The van der Waals surface area contributed by atoms with E-state index in [9.17, 15) is 4.79 Å². The van der Waals surface area contributed by atoms with Gasteiger partial charge in [-0.2, -0.15) is 0 Å². The number of nitrogens with two attached hydrogens (primary N) is 1. The summed E-state index contributed by atoms with van der Waals surface area (Å²) in [6.07, 6.45) is 0.528. The highest BCUT2D eigenvalue weighted by atomic mass is 32.1. The van der Waals surface area contributed by atoms with Crippen molar-refractivity contribution >= 4 is 33.9 Å². The predicted molar refractivity (Wildman–Crippen MR) is 92.5 cm³/mol. The standard InChI is InChI=1S/C17H17N3O2S/c1-10(8-11(2)16(21)20-18)12-5-6-13-14(9-12)22-17(19-13)15-4-3-7-23-15/h3-7,9,11H,1,8,18H2,2H3,(H,20,21). The van der Waals surface area contributed by atoms with E-state index in [1.165, 1.54) is 0 Å². The molecule has 6 heteroatoms. The molecule has 1 unspecified atom stereocenters. The van der Waals surface area contributed by atoms with Gasteiger partial charge in [-0.3, -0.25) is 10.2 Å². The largest absolute Gasteiger partial charge is 0.435 e. The summed E-state index contributed by atoms with van der Waals surface area (Å²) >= 11 is 1.59. The Morgan fingerprint density at radius 3 is 3.00 bits per heavy atom. The van der Waals surface area contributed by atoms with Gasteiger partial charge in [0.2, 0.25) is 11.8 Å². The highest BCUT2D eigenvalue weighted by molar-refractivity contribution is 7.13. The number of nitrogens with one attached hydrogen (secondary N) is 1. The Bertz CT molecular complexity index is 852. The number of amides is 1. The zero-order chi connectivity index (χ0) is 16.4. The Kier molecular flexibility index (Phi) is 4.27. The van der Waals surface area contributed by atoms with E-state index in [-0.39, 0.29) is 11.8 Å². The van der Waals surface area contributed by atoms with Gasteiger partial charge in [0, 0.05) is 5.92 Å². The summed E-state index contributed by atoms with van der Waals surface area (Å²) in [6, 6.07) is 9.70. The summed E-state index contributed by atoms with van der Waals surface area (Å²) < 4.78 is 5.84. The molecule has 2 heterocycles. The lowest BCUT2D eigenvalue weighted by molar-refractivity contribution is -0.124. The van der Waals surface area contributed by atoms with Crippen LogP contribution in [0.25, 0.3) is 27.4 Å². The van der Waals surface area contributed by atoms with Crippen molar-refractivity contribution in [1.29, 1.82) is 0 Å². The van der Waals surface area contributed by atoms with Crippen LogP contribution in [0, 0.1) is 5.92 Å². The van der Waals surface area contributed by atoms with Crippen molar-refractivity contribution in [1.82, 2.24) is 10.4 Å². The quantitative estimate of drug-likeness (QED) is 0.426. The number of carbonyl (C=O) groups is 1. The first-order valence-corrected chi connectivity index (χ1v) is 8.09. The van der Waals surface area contributed by atoms with Crippen molar-refractivity contribution < 1.29 is 9.21 Å². The molecular formula is C17H17N3O2S. The van der Waals surface area contributed by atoms with Crippen LogP contribution >= 0.6 is 11.3 Å². The van der Waals surface area contributed by atoms with Crippen molar-refractivity contribution in [3.8, 4) is 10.8 Å². The SMILES string of the molecule is C=C(CC(C)C(=O)NN)c1ccc2nc(-c3cccs3)oc2c1. The smallest absolute Gasteiger partial charge is 0.237 e. The lowest BCUT2D eigenvalue weighted by Crippen LogP contribution is -2.34. The first kappa shape index (κ1) is 15.5. The van der Waals surface area contributed by atoms with E-state index in [4.69, 9.17) is 10.3 Å². The molecule has 1 atom stereocenters. The molecule has 1 aromatic carbocycles. The second-order valence-corrected chi connectivity index (χ2v) is 6.34. The zero-order valence-corrected chi connectivity index (χ0v) is 13.5. The number of nitrogens with zero attached hydrogens (tertiary/aromatic N) is 1. The average Bonchev–Trinajstić information content (AvgIpc) is 3.21. The summed E-state index contributed by atoms with van der Waals surface area (Å²) in [7, 11) is 0. The molecule has 2 aromatic heterocycles. The van der Waals surface area contributed by atoms with Crippen molar-refractivity contribution in [2.45, 2.75) is 13.3 Å². The van der Waals surface area contributed by atoms with E-state index in [0.717, 1.165) is 21.5 Å². The molecule has 0 radical (unpaired) electrons. The number of oxazole rings is 1. The fourth-order valence-electron chi connectivity index (χ4n) is 2.37. The summed E-state index contributed by atoms with van der Waals surface area (Å²) in [4.78, 5) is 17.0. The molecule has 3 N–H and O–H groups in total. The monoisotopic (exact) mass is 327 g/mol. The van der Waals surface area contributed by atoms with Gasteiger partial charge in [0.25, 0.3) is 0 Å². The van der Waals surface area contributed by atoms with E-state index in [1.807, 2.05) is 42.6 Å². The minimum atomic E-state index is -0.236. The van der Waals surface area contributed by atoms with E-state index < -0.39 is 0 Å². The molecule has 5 nitrogen and oxygen atoms in total. The Morgan fingerprint density at radius 1 is 1.48 bits per heavy atom. The maximum Gasteiger partial charge on any atom is 0.237 e. The van der Waals surface area contributed by atoms with Gasteiger partial charge < -0.3 is 4.42 Å². The Morgan fingerprint density at radius 2 is 2.30 bits per heavy atom. The number of rotatable bonds is 5. The van der Waals surface area contributed by atoms with Crippen LogP contribution in [-0.2, 0) is 4.79 Å². The zero-order valence-electron chi connectivity index (χ0n) is 12.7. The van der Waals surface area contributed by atoms with Crippen LogP contribution in [0.15, 0.2) is 46.7 Å². The molecule has 0 bridgehead atoms. The van der Waals surface area contributed by atoms with Gasteiger partial charge in [0.15, 0.2) is 5.58 Å². The van der Waals surface area contributed by atoms with Crippen LogP contribution in [-0.4, -0.2) is 10.9 Å². The number of allylic oxidation sites excluding steroid dienone is 1. The van der Waals surface area contributed by atoms with Crippen LogP contribution in [0.4, 0.5) is 0 Å². The summed E-state index contributed by atoms with van der Waals surface area (Å²) in [6.45, 7) is 5.88. The number of thiophene rings is 1. The topological polar surface area (TPSA) is 81.2 Å². The highest BCUT2D eigenvalue weighted by Gasteiger charge is 2.15. The predicted octanol–water partition coefficient (Wildman–Crippen LogP) is 3.59. The van der Waals surface area contributed by atoms with Crippen LogP contribution < -0.4 is 11.3 Å². The first-order chi connectivity index (χ1) is 11.1. The summed E-state index contributed by atoms with van der Waals surface area (Å²) in [5, 5.41) is 1.99. The number of hydrogen-bond donors (Lipinski definition) is 2. The number of fused-ring (bicyclic) bond motifs is 1. The van der Waals surface area contributed by atoms with E-state index in [2.05, 4.69) is 17.0 Å². The molecule has 118 valence electrons. The van der Waals surface area contributed by atoms with Crippen molar-refractivity contribution in [2.24, 2.45) is 11.8 Å². The number of carbonyl (C=O) groups excluding carboxylic acids is 1. The van der Waals surface area contributed by atoms with Gasteiger partial charge >= 0.3 is 0 Å². The molecule has 0 aliphatic rings. The molecule has 0 fully saturated rings. The van der Waals surface area contributed by atoms with Crippen LogP contribution in [0.2, 0.25) is 0 Å². The Balaban J connectivity index is 1.85. The fourth-order valence-corrected chi connectivity index (χ4v) is 3.02. The van der Waals surface area contributed by atoms with Crippen molar-refractivity contribution in [2.75, 3.05) is 0 Å². The number of hydrogen-bond acceptors (Lipinski definition) is 5. The number of aromatic nitrogens is 1. The van der Waals surface area contributed by atoms with Gasteiger partial charge in [-0.05, 0) is 41.1 Å². The minimum Gasteiger partial charge on any atom is -0.435 e. The van der Waals surface area contributed by atoms with Gasteiger partial charge in [-0.15, -0.1) is 11.3 Å². The molecule has 0 spiro atoms. The maximum atomic E-state index is 11.5. The fraction of sp³-hybridized carbons (Fsp3) is 0.176. The van der Waals surface area contributed by atoms with Crippen LogP contribution in [0.1, 0.15) is 18.9 Å². The third kappa shape index (κ3) is 3.18. The highest BCUT2D eigenvalue weighted by Crippen LogP contribution is 2.30. The van der Waals surface area contributed by atoms with E-state index in [1.54, 1.807) is 11.3 Å². The molecular weight excluding hydrogens is 310 g/mol. The third-order valence-electron chi connectivity index (χ3n) is 3.67. The van der Waals surface area contributed by atoms with Crippen molar-refractivity contribution in [3.63, 3.8) is 0 Å². The third-order valence-corrected chi connectivity index (χ3v) is 4.53. The molecule has 0 saturated carbocycles. The van der Waals surface area contributed by atoms with E-state index >= 15 is 0 Å². The molecule has 23 heavy (non-hydrogen) atoms. The van der Waals surface area contributed by atoms with Gasteiger partial charge in [0.05, 0.1) is 4.88 Å². The van der Waals surface area contributed by atoms with Crippen LogP contribution in [0.5, 0.6) is 0 Å². The first-order valence-electron chi connectivity index (χ1n) is 7.21. The van der Waals surface area contributed by atoms with Gasteiger partial charge in [-0.25, -0.2) is 10.8 Å². The molecule has 0 aliphatic heterocycles. The average molecular weight is 327 g/mol. The summed E-state index contributed by atoms with van der Waals surface area (Å²) in [5.74, 6) is 5.34. The normalized spacial score (nSPS) is 12.3. The molecule has 3 aromatic rings. The van der Waals surface area contributed by atoms with E-state index in [0.29, 0.717) is 17.9 Å². The lowest BCUT2D eigenvalue weighted by Gasteiger charge is -2.11. The summed E-state index contributed by atoms with van der Waals surface area (Å²) in [5.41, 5.74) is 5.47. The maximum absolute atomic E-state index is 11.5. The van der Waals surface area contributed by atoms with Crippen LogP contribution in [0.3, 0.4) is 0 Å². The second kappa shape index (κ2) is 6.36. The molecule has 1 amide bonds. The number of hydrazine groups is 1. The molecule has 0 aliphatic carbocycles. The Labute approximate surface area is 137 Å². The Hall–Kier alpha value is -2.44.